The number of nitrogens with one attached hydrogen (secondary N) is 1. The first-order chi connectivity index (χ1) is 12.8. The lowest BCUT2D eigenvalue weighted by Gasteiger charge is -2.38. The van der Waals surface area contributed by atoms with E-state index in [4.69, 9.17) is 4.74 Å². The SMILES string of the molecule is COC1CN(CCCC(=O)N2CCCC2)CCC1NCc1ccccc1. The number of ether oxygens (including phenoxy) is 1. The van der Waals surface area contributed by atoms with Crippen LogP contribution in [0.2, 0.25) is 0 Å². The Bertz CT molecular complexity index is 545. The first kappa shape index (κ1) is 19.3. The van der Waals surface area contributed by atoms with Crippen LogP contribution in [0.1, 0.15) is 37.7 Å². The number of methoxy groups -OCH3 is 1. The van der Waals surface area contributed by atoms with E-state index >= 15 is 0 Å². The van der Waals surface area contributed by atoms with Crippen LogP contribution in [0.15, 0.2) is 30.3 Å². The second kappa shape index (κ2) is 10.0. The summed E-state index contributed by atoms with van der Waals surface area (Å²) in [5, 5.41) is 3.66. The van der Waals surface area contributed by atoms with Crippen molar-refractivity contribution < 1.29 is 9.53 Å². The molecule has 2 saturated heterocycles. The molecule has 0 radical (unpaired) electrons. The van der Waals surface area contributed by atoms with Crippen molar-refractivity contribution in [2.24, 2.45) is 0 Å². The Labute approximate surface area is 157 Å². The van der Waals surface area contributed by atoms with Gasteiger partial charge in [0.05, 0.1) is 6.10 Å². The molecule has 1 N–H and O–H groups in total. The number of hydrogen-bond donors (Lipinski definition) is 1. The van der Waals surface area contributed by atoms with Crippen LogP contribution < -0.4 is 5.32 Å². The van der Waals surface area contributed by atoms with Gasteiger partial charge in [0.25, 0.3) is 0 Å². The molecule has 2 unspecified atom stereocenters. The molecule has 1 aromatic rings. The summed E-state index contributed by atoms with van der Waals surface area (Å²) in [6.45, 7) is 5.82. The molecule has 2 fully saturated rings. The van der Waals surface area contributed by atoms with Crippen molar-refractivity contribution >= 4 is 5.91 Å². The van der Waals surface area contributed by atoms with Gasteiger partial charge >= 0.3 is 0 Å². The highest BCUT2D eigenvalue weighted by Crippen LogP contribution is 2.16. The zero-order valence-corrected chi connectivity index (χ0v) is 16.0. The molecule has 0 aliphatic carbocycles. The lowest BCUT2D eigenvalue weighted by atomic mass is 10.0. The third kappa shape index (κ3) is 5.53. The van der Waals surface area contributed by atoms with Crippen molar-refractivity contribution in [2.75, 3.05) is 39.8 Å². The Morgan fingerprint density at radius 1 is 1.19 bits per heavy atom. The summed E-state index contributed by atoms with van der Waals surface area (Å²) < 4.78 is 5.75. The Morgan fingerprint density at radius 3 is 2.69 bits per heavy atom. The van der Waals surface area contributed by atoms with E-state index in [0.717, 1.165) is 52.1 Å². The highest BCUT2D eigenvalue weighted by atomic mass is 16.5. The van der Waals surface area contributed by atoms with Crippen molar-refractivity contribution in [1.82, 2.24) is 15.1 Å². The molecule has 0 aromatic heterocycles. The van der Waals surface area contributed by atoms with Gasteiger partial charge in [-0.05, 0) is 44.3 Å². The highest BCUT2D eigenvalue weighted by molar-refractivity contribution is 5.76. The molecule has 0 saturated carbocycles. The number of amides is 1. The van der Waals surface area contributed by atoms with Crippen molar-refractivity contribution in [3.8, 4) is 0 Å². The number of benzene rings is 1. The van der Waals surface area contributed by atoms with Crippen LogP contribution in [0.3, 0.4) is 0 Å². The van der Waals surface area contributed by atoms with E-state index in [0.29, 0.717) is 18.4 Å². The second-order valence-corrected chi connectivity index (χ2v) is 7.53. The topological polar surface area (TPSA) is 44.8 Å². The largest absolute Gasteiger partial charge is 0.378 e. The van der Waals surface area contributed by atoms with E-state index < -0.39 is 0 Å². The Hall–Kier alpha value is -1.43. The van der Waals surface area contributed by atoms with Gasteiger partial charge in [-0.3, -0.25) is 4.79 Å². The lowest BCUT2D eigenvalue weighted by molar-refractivity contribution is -0.130. The molecule has 2 heterocycles. The maximum atomic E-state index is 12.2. The predicted octanol–water partition coefficient (Wildman–Crippen LogP) is 2.27. The Kier molecular flexibility index (Phi) is 7.47. The molecule has 1 amide bonds. The van der Waals surface area contributed by atoms with Crippen molar-refractivity contribution in [1.29, 1.82) is 0 Å². The third-order valence-corrected chi connectivity index (χ3v) is 5.68. The number of rotatable bonds is 8. The second-order valence-electron chi connectivity index (χ2n) is 7.53. The average Bonchev–Trinajstić information content (AvgIpc) is 3.22. The van der Waals surface area contributed by atoms with E-state index in [1.165, 1.54) is 18.4 Å². The Balaban J connectivity index is 1.37. The van der Waals surface area contributed by atoms with Gasteiger partial charge in [0.15, 0.2) is 0 Å². The normalized spacial score (nSPS) is 24.1. The van der Waals surface area contributed by atoms with Gasteiger partial charge in [-0.25, -0.2) is 0 Å². The molecule has 26 heavy (non-hydrogen) atoms. The number of likely N-dealkylation sites (tertiary alicyclic amines) is 2. The molecule has 0 spiro atoms. The average molecular weight is 360 g/mol. The van der Waals surface area contributed by atoms with Crippen LogP contribution in [0, 0.1) is 0 Å². The summed E-state index contributed by atoms with van der Waals surface area (Å²) in [4.78, 5) is 16.6. The fourth-order valence-corrected chi connectivity index (χ4v) is 4.08. The molecule has 2 aliphatic heterocycles. The first-order valence-electron chi connectivity index (χ1n) is 10.1. The van der Waals surface area contributed by atoms with E-state index in [1.807, 2.05) is 12.0 Å². The maximum absolute atomic E-state index is 12.2. The van der Waals surface area contributed by atoms with E-state index in [1.54, 1.807) is 0 Å². The maximum Gasteiger partial charge on any atom is 0.222 e. The van der Waals surface area contributed by atoms with E-state index in [2.05, 4.69) is 40.5 Å². The van der Waals surface area contributed by atoms with Crippen molar-refractivity contribution in [2.45, 2.75) is 50.8 Å². The molecule has 2 atom stereocenters. The zero-order chi connectivity index (χ0) is 18.2. The van der Waals surface area contributed by atoms with Crippen LogP contribution in [-0.4, -0.2) is 67.7 Å². The number of carbonyl (C=O) groups excluding carboxylic acids is 1. The predicted molar refractivity (Wildman–Crippen MR) is 104 cm³/mol. The molecule has 144 valence electrons. The summed E-state index contributed by atoms with van der Waals surface area (Å²) in [6, 6.07) is 10.9. The molecule has 0 bridgehead atoms. The highest BCUT2D eigenvalue weighted by Gasteiger charge is 2.28. The summed E-state index contributed by atoms with van der Waals surface area (Å²) in [6.07, 6.45) is 5.28. The summed E-state index contributed by atoms with van der Waals surface area (Å²) >= 11 is 0. The van der Waals surface area contributed by atoms with Crippen molar-refractivity contribution in [3.63, 3.8) is 0 Å². The monoisotopic (exact) mass is 359 g/mol. The zero-order valence-electron chi connectivity index (χ0n) is 16.0. The molecule has 1 aromatic carbocycles. The minimum Gasteiger partial charge on any atom is -0.378 e. The molecule has 3 rings (SSSR count). The lowest BCUT2D eigenvalue weighted by Crippen LogP contribution is -2.53. The molecule has 2 aliphatic rings. The first-order valence-corrected chi connectivity index (χ1v) is 10.1. The number of carbonyl (C=O) groups is 1. The van der Waals surface area contributed by atoms with Gasteiger partial charge in [0.2, 0.25) is 5.91 Å². The van der Waals surface area contributed by atoms with Crippen LogP contribution in [0.5, 0.6) is 0 Å². The van der Waals surface area contributed by atoms with Crippen LogP contribution in [0.4, 0.5) is 0 Å². The molecular weight excluding hydrogens is 326 g/mol. The van der Waals surface area contributed by atoms with Gasteiger partial charge in [-0.15, -0.1) is 0 Å². The third-order valence-electron chi connectivity index (χ3n) is 5.68. The quantitative estimate of drug-likeness (QED) is 0.773. The van der Waals surface area contributed by atoms with E-state index in [9.17, 15) is 4.79 Å². The van der Waals surface area contributed by atoms with Gasteiger partial charge in [-0.1, -0.05) is 30.3 Å². The van der Waals surface area contributed by atoms with Crippen LogP contribution in [0.25, 0.3) is 0 Å². The minimum absolute atomic E-state index is 0.210. The summed E-state index contributed by atoms with van der Waals surface area (Å²) in [5.41, 5.74) is 1.31. The fourth-order valence-electron chi connectivity index (χ4n) is 4.08. The number of piperidine rings is 1. The summed E-state index contributed by atoms with van der Waals surface area (Å²) in [5.74, 6) is 0.338. The van der Waals surface area contributed by atoms with E-state index in [-0.39, 0.29) is 6.10 Å². The summed E-state index contributed by atoms with van der Waals surface area (Å²) in [7, 11) is 1.81. The number of nitrogens with zero attached hydrogens (tertiary/aromatic N) is 2. The molecule has 5 nitrogen and oxygen atoms in total. The van der Waals surface area contributed by atoms with Crippen molar-refractivity contribution in [3.05, 3.63) is 35.9 Å². The van der Waals surface area contributed by atoms with Crippen LogP contribution in [-0.2, 0) is 16.1 Å². The van der Waals surface area contributed by atoms with Gasteiger partial charge in [-0.2, -0.15) is 0 Å². The number of hydrogen-bond acceptors (Lipinski definition) is 4. The van der Waals surface area contributed by atoms with Crippen LogP contribution >= 0.6 is 0 Å². The minimum atomic E-state index is 0.210. The molecular formula is C21H33N3O2. The smallest absolute Gasteiger partial charge is 0.222 e. The standard InChI is InChI=1S/C21H33N3O2/c1-26-20-17-23(12-7-10-21(25)24-13-5-6-14-24)15-11-19(20)22-16-18-8-3-2-4-9-18/h2-4,8-9,19-20,22H,5-7,10-17H2,1H3. The fraction of sp³-hybridized carbons (Fsp3) is 0.667. The van der Waals surface area contributed by atoms with Gasteiger partial charge in [0, 0.05) is 45.8 Å². The van der Waals surface area contributed by atoms with Gasteiger partial charge < -0.3 is 19.9 Å². The van der Waals surface area contributed by atoms with Gasteiger partial charge in [0.1, 0.15) is 0 Å². The Morgan fingerprint density at radius 2 is 1.96 bits per heavy atom. The molecule has 5 heteroatoms.